The maximum absolute atomic E-state index is 11.8. The Bertz CT molecular complexity index is 714. The highest BCUT2D eigenvalue weighted by atomic mass is 32.2. The van der Waals surface area contributed by atoms with Crippen LogP contribution >= 0.6 is 0 Å². The summed E-state index contributed by atoms with van der Waals surface area (Å²) in [4.78, 5) is 10.4. The Hall–Kier alpha value is -2.20. The molecule has 0 aliphatic rings. The van der Waals surface area contributed by atoms with E-state index in [-0.39, 0.29) is 11.4 Å². The van der Waals surface area contributed by atoms with Gasteiger partial charge in [-0.2, -0.15) is 0 Å². The fourth-order valence-electron chi connectivity index (χ4n) is 1.66. The largest absolute Gasteiger partial charge is 0.369 e. The van der Waals surface area contributed by atoms with Crippen molar-refractivity contribution in [3.05, 3.63) is 24.4 Å². The summed E-state index contributed by atoms with van der Waals surface area (Å²) in [5.74, 6) is 2.05. The van der Waals surface area contributed by atoms with Crippen molar-refractivity contribution in [3.63, 3.8) is 0 Å². The molecule has 0 unspecified atom stereocenters. The smallest absolute Gasteiger partial charge is 0.245 e. The van der Waals surface area contributed by atoms with Crippen LogP contribution in [0.5, 0.6) is 0 Å². The lowest BCUT2D eigenvalue weighted by Gasteiger charge is -2.14. The number of hydrogen-bond donors (Lipinski definition) is 2. The average molecular weight is 326 g/mol. The lowest BCUT2D eigenvalue weighted by atomic mass is 10.4. The van der Waals surface area contributed by atoms with Crippen LogP contribution in [-0.2, 0) is 10.0 Å². The van der Waals surface area contributed by atoms with Crippen LogP contribution in [0.4, 0.5) is 11.6 Å². The summed E-state index contributed by atoms with van der Waals surface area (Å²) in [5, 5.41) is 6.42. The molecule has 0 saturated carbocycles. The first-order valence-electron chi connectivity index (χ1n) is 6.54. The molecule has 0 saturated heterocycles. The third-order valence-corrected chi connectivity index (χ3v) is 4.13. The SMILES string of the molecule is Cc1nc(NCCNS(=O)(=O)c2cnoc2)cc(N(C)C)n1. The highest BCUT2D eigenvalue weighted by Crippen LogP contribution is 2.13. The van der Waals surface area contributed by atoms with Gasteiger partial charge in [-0.1, -0.05) is 5.16 Å². The minimum absolute atomic E-state index is 0.000254. The minimum atomic E-state index is -3.59. The molecule has 0 radical (unpaired) electrons. The van der Waals surface area contributed by atoms with Gasteiger partial charge in [0.2, 0.25) is 10.0 Å². The third kappa shape index (κ3) is 4.15. The fourth-order valence-corrected chi connectivity index (χ4v) is 2.55. The fraction of sp³-hybridized carbons (Fsp3) is 0.417. The monoisotopic (exact) mass is 326 g/mol. The number of aromatic nitrogens is 3. The van der Waals surface area contributed by atoms with Crippen molar-refractivity contribution in [2.24, 2.45) is 0 Å². The van der Waals surface area contributed by atoms with Gasteiger partial charge in [0.25, 0.3) is 0 Å². The van der Waals surface area contributed by atoms with Gasteiger partial charge in [0.05, 0.1) is 6.20 Å². The minimum Gasteiger partial charge on any atom is -0.369 e. The molecule has 2 heterocycles. The van der Waals surface area contributed by atoms with E-state index >= 15 is 0 Å². The number of hydrogen-bond acceptors (Lipinski definition) is 8. The Kier molecular flexibility index (Phi) is 4.93. The molecule has 0 bridgehead atoms. The molecule has 120 valence electrons. The molecule has 22 heavy (non-hydrogen) atoms. The molecule has 10 heteroatoms. The summed E-state index contributed by atoms with van der Waals surface area (Å²) in [5.41, 5.74) is 0. The molecule has 0 fully saturated rings. The second-order valence-electron chi connectivity index (χ2n) is 4.74. The maximum atomic E-state index is 11.8. The second kappa shape index (κ2) is 6.71. The zero-order valence-corrected chi connectivity index (χ0v) is 13.4. The zero-order valence-electron chi connectivity index (χ0n) is 12.6. The zero-order chi connectivity index (χ0) is 16.2. The van der Waals surface area contributed by atoms with Crippen LogP contribution in [0.25, 0.3) is 0 Å². The van der Waals surface area contributed by atoms with Crippen LogP contribution in [0.2, 0.25) is 0 Å². The molecule has 2 aromatic heterocycles. The van der Waals surface area contributed by atoms with Crippen LogP contribution in [0.3, 0.4) is 0 Å². The normalized spacial score (nSPS) is 11.4. The summed E-state index contributed by atoms with van der Waals surface area (Å²) in [6.07, 6.45) is 2.22. The van der Waals surface area contributed by atoms with Crippen molar-refractivity contribution in [1.29, 1.82) is 0 Å². The lowest BCUT2D eigenvalue weighted by molar-refractivity contribution is 0.417. The van der Waals surface area contributed by atoms with Gasteiger partial charge in [-0.25, -0.2) is 23.1 Å². The van der Waals surface area contributed by atoms with E-state index in [0.29, 0.717) is 18.2 Å². The van der Waals surface area contributed by atoms with Gasteiger partial charge in [-0.05, 0) is 6.92 Å². The number of rotatable bonds is 7. The maximum Gasteiger partial charge on any atom is 0.245 e. The molecule has 0 aliphatic heterocycles. The molecule has 2 aromatic rings. The van der Waals surface area contributed by atoms with Crippen molar-refractivity contribution in [1.82, 2.24) is 19.8 Å². The quantitative estimate of drug-likeness (QED) is 0.695. The summed E-state index contributed by atoms with van der Waals surface area (Å²) >= 11 is 0. The highest BCUT2D eigenvalue weighted by molar-refractivity contribution is 7.89. The van der Waals surface area contributed by atoms with Crippen LogP contribution in [0, 0.1) is 6.92 Å². The molecule has 0 spiro atoms. The van der Waals surface area contributed by atoms with Gasteiger partial charge in [-0.3, -0.25) is 0 Å². The van der Waals surface area contributed by atoms with E-state index in [1.54, 1.807) is 13.0 Å². The van der Waals surface area contributed by atoms with E-state index in [1.807, 2.05) is 19.0 Å². The number of sulfonamides is 1. The first kappa shape index (κ1) is 16.2. The Morgan fingerprint density at radius 1 is 1.27 bits per heavy atom. The van der Waals surface area contributed by atoms with Crippen molar-refractivity contribution in [2.45, 2.75) is 11.8 Å². The Balaban J connectivity index is 1.89. The predicted octanol–water partition coefficient (Wildman–Crippen LogP) is 0.229. The van der Waals surface area contributed by atoms with E-state index in [0.717, 1.165) is 18.3 Å². The van der Waals surface area contributed by atoms with Crippen LogP contribution in [0.1, 0.15) is 5.82 Å². The second-order valence-corrected chi connectivity index (χ2v) is 6.50. The molecule has 0 aromatic carbocycles. The van der Waals surface area contributed by atoms with Crippen molar-refractivity contribution in [3.8, 4) is 0 Å². The summed E-state index contributed by atoms with van der Waals surface area (Å²) in [6, 6.07) is 1.79. The van der Waals surface area contributed by atoms with Gasteiger partial charge >= 0.3 is 0 Å². The number of nitrogens with one attached hydrogen (secondary N) is 2. The summed E-state index contributed by atoms with van der Waals surface area (Å²) in [6.45, 7) is 2.38. The molecule has 2 rings (SSSR count). The number of aryl methyl sites for hydroxylation is 1. The molecule has 2 N–H and O–H groups in total. The van der Waals surface area contributed by atoms with Crippen molar-refractivity contribution < 1.29 is 12.9 Å². The van der Waals surface area contributed by atoms with E-state index in [1.165, 1.54) is 0 Å². The van der Waals surface area contributed by atoms with E-state index in [2.05, 4.69) is 29.7 Å². The molecule has 0 aliphatic carbocycles. The first-order valence-corrected chi connectivity index (χ1v) is 8.03. The third-order valence-electron chi connectivity index (χ3n) is 2.73. The topological polar surface area (TPSA) is 113 Å². The Morgan fingerprint density at radius 3 is 2.68 bits per heavy atom. The van der Waals surface area contributed by atoms with E-state index < -0.39 is 10.0 Å². The van der Waals surface area contributed by atoms with Gasteiger partial charge in [0.1, 0.15) is 28.6 Å². The average Bonchev–Trinajstić information content (AvgIpc) is 2.98. The Labute approximate surface area is 128 Å². The van der Waals surface area contributed by atoms with Crippen LogP contribution < -0.4 is 14.9 Å². The Morgan fingerprint density at radius 2 is 2.05 bits per heavy atom. The molecule has 9 nitrogen and oxygen atoms in total. The number of anilines is 2. The highest BCUT2D eigenvalue weighted by Gasteiger charge is 2.15. The molecular formula is C12H18N6O3S. The number of nitrogens with zero attached hydrogens (tertiary/aromatic N) is 4. The predicted molar refractivity (Wildman–Crippen MR) is 81.3 cm³/mol. The standard InChI is InChI=1S/C12H18N6O3S/c1-9-16-11(6-12(17-9)18(2)3)13-4-5-15-22(19,20)10-7-14-21-8-10/h6-8,15H,4-5H2,1-3H3,(H,13,16,17). The molecule has 0 amide bonds. The van der Waals surface area contributed by atoms with Gasteiger partial charge in [0.15, 0.2) is 0 Å². The first-order chi connectivity index (χ1) is 10.4. The lowest BCUT2D eigenvalue weighted by Crippen LogP contribution is -2.29. The van der Waals surface area contributed by atoms with Crippen LogP contribution in [0.15, 0.2) is 27.9 Å². The van der Waals surface area contributed by atoms with E-state index in [9.17, 15) is 8.42 Å². The molecular weight excluding hydrogens is 308 g/mol. The van der Waals surface area contributed by atoms with Gasteiger partial charge in [0, 0.05) is 33.3 Å². The molecule has 0 atom stereocenters. The van der Waals surface area contributed by atoms with Gasteiger partial charge in [-0.15, -0.1) is 0 Å². The van der Waals surface area contributed by atoms with Gasteiger partial charge < -0.3 is 14.7 Å². The summed E-state index contributed by atoms with van der Waals surface area (Å²) < 4.78 is 30.6. The van der Waals surface area contributed by atoms with Crippen LogP contribution in [-0.4, -0.2) is 50.7 Å². The van der Waals surface area contributed by atoms with E-state index in [4.69, 9.17) is 0 Å². The summed E-state index contributed by atoms with van der Waals surface area (Å²) in [7, 11) is 0.187. The van der Waals surface area contributed by atoms with Crippen molar-refractivity contribution >= 4 is 21.7 Å². The van der Waals surface area contributed by atoms with Crippen molar-refractivity contribution in [2.75, 3.05) is 37.4 Å².